The Bertz CT molecular complexity index is 595. The van der Waals surface area contributed by atoms with Gasteiger partial charge in [0.15, 0.2) is 0 Å². The van der Waals surface area contributed by atoms with Crippen LogP contribution in [-0.2, 0) is 24.5 Å². The number of carbonyl (C=O) groups is 2. The van der Waals surface area contributed by atoms with Crippen LogP contribution in [0.4, 0.5) is 0 Å². The van der Waals surface area contributed by atoms with Crippen LogP contribution in [0, 0.1) is 0 Å². The molecule has 0 N–H and O–H groups in total. The van der Waals surface area contributed by atoms with Gasteiger partial charge in [0.05, 0.1) is 12.7 Å². The van der Waals surface area contributed by atoms with Gasteiger partial charge >= 0.3 is 11.9 Å². The minimum absolute atomic E-state index is 0.0118. The van der Waals surface area contributed by atoms with Crippen LogP contribution in [0.2, 0.25) is 0 Å². The first-order valence-electron chi connectivity index (χ1n) is 7.85. The van der Waals surface area contributed by atoms with Crippen molar-refractivity contribution in [2.24, 2.45) is 0 Å². The summed E-state index contributed by atoms with van der Waals surface area (Å²) in [6.45, 7) is 5.38. The van der Waals surface area contributed by atoms with E-state index in [1.807, 2.05) is 18.2 Å². The van der Waals surface area contributed by atoms with E-state index in [-0.39, 0.29) is 23.5 Å². The van der Waals surface area contributed by atoms with E-state index in [9.17, 15) is 9.59 Å². The van der Waals surface area contributed by atoms with Gasteiger partial charge in [-0.25, -0.2) is 0 Å². The Morgan fingerprint density at radius 2 is 2.00 bits per heavy atom. The van der Waals surface area contributed by atoms with Crippen LogP contribution >= 0.6 is 0 Å². The van der Waals surface area contributed by atoms with Crippen LogP contribution in [0.15, 0.2) is 18.2 Å². The number of esters is 2. The van der Waals surface area contributed by atoms with Crippen LogP contribution < -0.4 is 4.74 Å². The lowest BCUT2D eigenvalue weighted by Crippen LogP contribution is -2.31. The molecular weight excluding hydrogens is 296 g/mol. The van der Waals surface area contributed by atoms with Gasteiger partial charge in [0.2, 0.25) is 0 Å². The van der Waals surface area contributed by atoms with Crippen molar-refractivity contribution in [1.82, 2.24) is 0 Å². The molecule has 0 aliphatic heterocycles. The maximum Gasteiger partial charge on any atom is 0.308 e. The molecule has 0 saturated carbocycles. The lowest BCUT2D eigenvalue weighted by molar-refractivity contribution is -0.141. The Morgan fingerprint density at radius 1 is 1.26 bits per heavy atom. The Kier molecular flexibility index (Phi) is 5.42. The molecule has 0 bridgehead atoms. The predicted molar refractivity (Wildman–Crippen MR) is 85.3 cm³/mol. The fourth-order valence-electron chi connectivity index (χ4n) is 3.25. The molecule has 5 nitrogen and oxygen atoms in total. The van der Waals surface area contributed by atoms with Crippen molar-refractivity contribution in [1.29, 1.82) is 0 Å². The van der Waals surface area contributed by atoms with Gasteiger partial charge in [-0.2, -0.15) is 0 Å². The summed E-state index contributed by atoms with van der Waals surface area (Å²) in [5.41, 5.74) is 2.12. The third kappa shape index (κ3) is 4.10. The molecule has 23 heavy (non-hydrogen) atoms. The van der Waals surface area contributed by atoms with Gasteiger partial charge in [-0.3, -0.25) is 9.59 Å². The molecule has 2 rings (SSSR count). The topological polar surface area (TPSA) is 61.8 Å². The highest BCUT2D eigenvalue weighted by atomic mass is 16.5. The van der Waals surface area contributed by atoms with Crippen molar-refractivity contribution >= 4 is 11.9 Å². The molecule has 1 aromatic rings. The van der Waals surface area contributed by atoms with E-state index in [0.29, 0.717) is 12.4 Å². The summed E-state index contributed by atoms with van der Waals surface area (Å²) in [7, 11) is 1.69. The summed E-state index contributed by atoms with van der Waals surface area (Å²) in [5, 5.41) is 0. The van der Waals surface area contributed by atoms with E-state index in [4.69, 9.17) is 14.2 Å². The highest BCUT2D eigenvalue weighted by molar-refractivity contribution is 5.69. The molecule has 0 aromatic heterocycles. The largest absolute Gasteiger partial charge is 0.466 e. The molecule has 0 saturated heterocycles. The standard InChI is InChI=1S/C18H24O5/c1-12(19)22-10-9-18(3)8-7-17(21-4)15-11-14(23-13(2)20)5-6-16(15)18/h5-6,11,17H,7-10H2,1-4H3/t17?,18-/m1/s1. The van der Waals surface area contributed by atoms with Crippen LogP contribution in [0.5, 0.6) is 5.75 Å². The van der Waals surface area contributed by atoms with E-state index in [1.165, 1.54) is 19.4 Å². The van der Waals surface area contributed by atoms with Gasteiger partial charge in [-0.05, 0) is 47.9 Å². The fourth-order valence-corrected chi connectivity index (χ4v) is 3.25. The van der Waals surface area contributed by atoms with Crippen molar-refractivity contribution in [3.63, 3.8) is 0 Å². The maximum absolute atomic E-state index is 11.2. The number of carbonyl (C=O) groups excluding carboxylic acids is 2. The summed E-state index contributed by atoms with van der Waals surface area (Å²) in [6, 6.07) is 5.68. The number of benzene rings is 1. The van der Waals surface area contributed by atoms with Crippen LogP contribution in [0.25, 0.3) is 0 Å². The zero-order chi connectivity index (χ0) is 17.0. The first kappa shape index (κ1) is 17.5. The number of hydrogen-bond donors (Lipinski definition) is 0. The Labute approximate surface area is 136 Å². The Hall–Kier alpha value is -1.88. The third-order valence-corrected chi connectivity index (χ3v) is 4.48. The molecule has 0 amide bonds. The van der Waals surface area contributed by atoms with Crippen molar-refractivity contribution in [2.75, 3.05) is 13.7 Å². The average molecular weight is 320 g/mol. The lowest BCUT2D eigenvalue weighted by Gasteiger charge is -2.39. The van der Waals surface area contributed by atoms with E-state index in [2.05, 4.69) is 6.92 Å². The number of fused-ring (bicyclic) bond motifs is 1. The van der Waals surface area contributed by atoms with Gasteiger partial charge in [0.1, 0.15) is 5.75 Å². The molecule has 0 spiro atoms. The molecule has 2 atom stereocenters. The molecule has 0 radical (unpaired) electrons. The van der Waals surface area contributed by atoms with E-state index in [0.717, 1.165) is 24.8 Å². The van der Waals surface area contributed by atoms with Gasteiger partial charge in [0, 0.05) is 21.0 Å². The van der Waals surface area contributed by atoms with Crippen molar-refractivity contribution in [3.05, 3.63) is 29.3 Å². The smallest absolute Gasteiger partial charge is 0.308 e. The maximum atomic E-state index is 11.2. The summed E-state index contributed by atoms with van der Waals surface area (Å²) in [5.74, 6) is -0.0699. The van der Waals surface area contributed by atoms with Gasteiger partial charge in [-0.1, -0.05) is 13.0 Å². The first-order valence-corrected chi connectivity index (χ1v) is 7.85. The minimum atomic E-state index is -0.340. The second-order valence-corrected chi connectivity index (χ2v) is 6.26. The summed E-state index contributed by atoms with van der Waals surface area (Å²) < 4.78 is 15.9. The SMILES string of the molecule is COC1CC[C@](C)(CCOC(C)=O)c2ccc(OC(C)=O)cc21. The fraction of sp³-hybridized carbons (Fsp3) is 0.556. The third-order valence-electron chi connectivity index (χ3n) is 4.48. The molecule has 1 aliphatic rings. The van der Waals surface area contributed by atoms with E-state index >= 15 is 0 Å². The summed E-state index contributed by atoms with van der Waals surface area (Å²) >= 11 is 0. The number of ether oxygens (including phenoxy) is 3. The van der Waals surface area contributed by atoms with Crippen molar-refractivity contribution in [3.8, 4) is 5.75 Å². The van der Waals surface area contributed by atoms with E-state index < -0.39 is 0 Å². The number of hydrogen-bond acceptors (Lipinski definition) is 5. The lowest BCUT2D eigenvalue weighted by atomic mass is 9.68. The van der Waals surface area contributed by atoms with Gasteiger partial charge in [-0.15, -0.1) is 0 Å². The summed E-state index contributed by atoms with van der Waals surface area (Å²) in [4.78, 5) is 22.2. The monoisotopic (exact) mass is 320 g/mol. The van der Waals surface area contributed by atoms with Crippen LogP contribution in [0.3, 0.4) is 0 Å². The van der Waals surface area contributed by atoms with Crippen LogP contribution in [0.1, 0.15) is 57.3 Å². The number of methoxy groups -OCH3 is 1. The molecule has 1 aromatic carbocycles. The number of rotatable bonds is 5. The van der Waals surface area contributed by atoms with E-state index in [1.54, 1.807) is 7.11 Å². The van der Waals surface area contributed by atoms with Gasteiger partial charge < -0.3 is 14.2 Å². The Morgan fingerprint density at radius 3 is 2.61 bits per heavy atom. The molecule has 0 fully saturated rings. The van der Waals surface area contributed by atoms with Crippen molar-refractivity contribution < 1.29 is 23.8 Å². The highest BCUT2D eigenvalue weighted by Crippen LogP contribution is 2.46. The zero-order valence-electron chi connectivity index (χ0n) is 14.2. The second-order valence-electron chi connectivity index (χ2n) is 6.26. The second kappa shape index (κ2) is 7.13. The quantitative estimate of drug-likeness (QED) is 0.615. The normalized spacial score (nSPS) is 23.0. The first-order chi connectivity index (χ1) is 10.9. The molecular formula is C18H24O5. The molecule has 5 heteroatoms. The molecule has 0 heterocycles. The van der Waals surface area contributed by atoms with Crippen molar-refractivity contribution in [2.45, 2.75) is 51.6 Å². The Balaban J connectivity index is 2.30. The molecule has 1 aliphatic carbocycles. The average Bonchev–Trinajstić information content (AvgIpc) is 2.46. The highest BCUT2D eigenvalue weighted by Gasteiger charge is 2.36. The predicted octanol–water partition coefficient (Wildman–Crippen LogP) is 3.30. The van der Waals surface area contributed by atoms with Gasteiger partial charge in [0.25, 0.3) is 0 Å². The molecule has 1 unspecified atom stereocenters. The minimum Gasteiger partial charge on any atom is -0.466 e. The summed E-state index contributed by atoms with van der Waals surface area (Å²) in [6.07, 6.45) is 2.57. The zero-order valence-corrected chi connectivity index (χ0v) is 14.2. The van der Waals surface area contributed by atoms with Crippen LogP contribution in [-0.4, -0.2) is 25.7 Å². The molecule has 126 valence electrons.